The molecule has 0 atom stereocenters. The fourth-order valence-corrected chi connectivity index (χ4v) is 3.23. The SMILES string of the molecule is Cc1ccc(C(=O)N2CCN(Cc3cccc(F)c3)CC2)c(C)c1. The van der Waals surface area contributed by atoms with Gasteiger partial charge in [-0.1, -0.05) is 29.8 Å². The van der Waals surface area contributed by atoms with E-state index >= 15 is 0 Å². The molecule has 3 rings (SSSR count). The molecule has 0 spiro atoms. The lowest BCUT2D eigenvalue weighted by Crippen LogP contribution is -2.48. The minimum absolute atomic E-state index is 0.109. The number of hydrogen-bond donors (Lipinski definition) is 0. The molecular formula is C20H23FN2O. The van der Waals surface area contributed by atoms with E-state index in [0.717, 1.165) is 36.3 Å². The fourth-order valence-electron chi connectivity index (χ4n) is 3.23. The minimum atomic E-state index is -0.198. The molecule has 2 aromatic carbocycles. The highest BCUT2D eigenvalue weighted by Gasteiger charge is 2.23. The van der Waals surface area contributed by atoms with Crippen molar-refractivity contribution in [1.82, 2.24) is 9.80 Å². The molecule has 0 unspecified atom stereocenters. The van der Waals surface area contributed by atoms with Crippen LogP contribution in [-0.4, -0.2) is 41.9 Å². The largest absolute Gasteiger partial charge is 0.336 e. The van der Waals surface area contributed by atoms with Gasteiger partial charge in [0.1, 0.15) is 5.82 Å². The summed E-state index contributed by atoms with van der Waals surface area (Å²) in [5, 5.41) is 0. The number of nitrogens with zero attached hydrogens (tertiary/aromatic N) is 2. The van der Waals surface area contributed by atoms with E-state index in [0.29, 0.717) is 13.1 Å². The Bertz CT molecular complexity index is 736. The first-order valence-corrected chi connectivity index (χ1v) is 8.36. The molecule has 1 amide bonds. The van der Waals surface area contributed by atoms with E-state index in [1.807, 2.05) is 43.0 Å². The van der Waals surface area contributed by atoms with Crippen molar-refractivity contribution in [3.8, 4) is 0 Å². The molecule has 1 saturated heterocycles. The van der Waals surface area contributed by atoms with Gasteiger partial charge in [-0.3, -0.25) is 9.69 Å². The van der Waals surface area contributed by atoms with Crippen LogP contribution in [0.3, 0.4) is 0 Å². The van der Waals surface area contributed by atoms with Crippen molar-refractivity contribution in [2.45, 2.75) is 20.4 Å². The van der Waals surface area contributed by atoms with E-state index in [9.17, 15) is 9.18 Å². The molecule has 1 fully saturated rings. The summed E-state index contributed by atoms with van der Waals surface area (Å²) in [5.41, 5.74) is 3.97. The summed E-state index contributed by atoms with van der Waals surface area (Å²) in [6.45, 7) is 7.79. The highest BCUT2D eigenvalue weighted by Crippen LogP contribution is 2.16. The molecule has 0 N–H and O–H groups in total. The van der Waals surface area contributed by atoms with Crippen molar-refractivity contribution in [1.29, 1.82) is 0 Å². The third kappa shape index (κ3) is 3.82. The summed E-state index contributed by atoms with van der Waals surface area (Å²) in [6.07, 6.45) is 0. The number of halogens is 1. The topological polar surface area (TPSA) is 23.6 Å². The van der Waals surface area contributed by atoms with E-state index in [2.05, 4.69) is 4.90 Å². The van der Waals surface area contributed by atoms with Crippen molar-refractivity contribution >= 4 is 5.91 Å². The quantitative estimate of drug-likeness (QED) is 0.863. The molecule has 1 aliphatic rings. The number of benzene rings is 2. The normalized spacial score (nSPS) is 15.5. The molecule has 1 heterocycles. The van der Waals surface area contributed by atoms with Gasteiger partial charge in [0, 0.05) is 38.3 Å². The van der Waals surface area contributed by atoms with E-state index in [1.165, 1.54) is 11.6 Å². The summed E-state index contributed by atoms with van der Waals surface area (Å²) >= 11 is 0. The molecule has 0 aromatic heterocycles. The number of aryl methyl sites for hydroxylation is 2. The van der Waals surface area contributed by atoms with Gasteiger partial charge in [-0.2, -0.15) is 0 Å². The van der Waals surface area contributed by atoms with Crippen LogP contribution in [0.5, 0.6) is 0 Å². The Hall–Kier alpha value is -2.20. The number of rotatable bonds is 3. The summed E-state index contributed by atoms with van der Waals surface area (Å²) in [6, 6.07) is 12.7. The van der Waals surface area contributed by atoms with Crippen LogP contribution in [0.4, 0.5) is 4.39 Å². The Morgan fingerprint density at radius 3 is 2.46 bits per heavy atom. The molecule has 0 saturated carbocycles. The molecule has 0 bridgehead atoms. The molecule has 0 radical (unpaired) electrons. The van der Waals surface area contributed by atoms with Crippen molar-refractivity contribution in [2.24, 2.45) is 0 Å². The average Bonchev–Trinajstić information content (AvgIpc) is 2.55. The standard InChI is InChI=1S/C20H23FN2O/c1-15-6-7-19(16(2)12-15)20(24)23-10-8-22(9-11-23)14-17-4-3-5-18(21)13-17/h3-7,12-13H,8-11,14H2,1-2H3. The van der Waals surface area contributed by atoms with Gasteiger partial charge in [0.15, 0.2) is 0 Å². The van der Waals surface area contributed by atoms with Gasteiger partial charge in [-0.15, -0.1) is 0 Å². The van der Waals surface area contributed by atoms with Crippen LogP contribution in [0, 0.1) is 19.7 Å². The second-order valence-electron chi connectivity index (χ2n) is 6.52. The lowest BCUT2D eigenvalue weighted by molar-refractivity contribution is 0.0627. The summed E-state index contributed by atoms with van der Waals surface area (Å²) in [5.74, 6) is -0.0888. The predicted octanol–water partition coefficient (Wildman–Crippen LogP) is 3.40. The second-order valence-corrected chi connectivity index (χ2v) is 6.52. The van der Waals surface area contributed by atoms with Crippen molar-refractivity contribution in [2.75, 3.05) is 26.2 Å². The van der Waals surface area contributed by atoms with Crippen molar-refractivity contribution in [3.05, 3.63) is 70.5 Å². The van der Waals surface area contributed by atoms with Crippen molar-refractivity contribution in [3.63, 3.8) is 0 Å². The lowest BCUT2D eigenvalue weighted by atomic mass is 10.0. The van der Waals surface area contributed by atoms with Crippen molar-refractivity contribution < 1.29 is 9.18 Å². The van der Waals surface area contributed by atoms with E-state index in [1.54, 1.807) is 12.1 Å². The summed E-state index contributed by atoms with van der Waals surface area (Å²) in [4.78, 5) is 16.9. The predicted molar refractivity (Wildman–Crippen MR) is 93.5 cm³/mol. The molecule has 2 aromatic rings. The number of piperazine rings is 1. The zero-order valence-corrected chi connectivity index (χ0v) is 14.3. The first-order chi connectivity index (χ1) is 11.5. The van der Waals surface area contributed by atoms with Crippen LogP contribution in [-0.2, 0) is 6.54 Å². The van der Waals surface area contributed by atoms with Gasteiger partial charge < -0.3 is 4.90 Å². The fraction of sp³-hybridized carbons (Fsp3) is 0.350. The molecule has 0 aliphatic carbocycles. The Morgan fingerprint density at radius 1 is 1.04 bits per heavy atom. The third-order valence-electron chi connectivity index (χ3n) is 4.57. The van der Waals surface area contributed by atoms with Gasteiger partial charge in [0.25, 0.3) is 5.91 Å². The molecule has 4 heteroatoms. The van der Waals surface area contributed by atoms with Crippen LogP contribution in [0.1, 0.15) is 27.0 Å². The maximum atomic E-state index is 13.3. The average molecular weight is 326 g/mol. The highest BCUT2D eigenvalue weighted by atomic mass is 19.1. The van der Waals surface area contributed by atoms with Gasteiger partial charge in [-0.05, 0) is 43.2 Å². The zero-order chi connectivity index (χ0) is 17.1. The van der Waals surface area contributed by atoms with Crippen LogP contribution >= 0.6 is 0 Å². The third-order valence-corrected chi connectivity index (χ3v) is 4.57. The Kier molecular flexibility index (Phi) is 4.95. The van der Waals surface area contributed by atoms with Crippen LogP contribution in [0.15, 0.2) is 42.5 Å². The highest BCUT2D eigenvalue weighted by molar-refractivity contribution is 5.95. The molecular weight excluding hydrogens is 303 g/mol. The first kappa shape index (κ1) is 16.7. The van der Waals surface area contributed by atoms with Gasteiger partial charge in [-0.25, -0.2) is 4.39 Å². The number of hydrogen-bond acceptors (Lipinski definition) is 2. The molecule has 3 nitrogen and oxygen atoms in total. The Morgan fingerprint density at radius 2 is 1.79 bits per heavy atom. The molecule has 1 aliphatic heterocycles. The Balaban J connectivity index is 1.59. The zero-order valence-electron chi connectivity index (χ0n) is 14.3. The van der Waals surface area contributed by atoms with Crippen LogP contribution in [0.25, 0.3) is 0 Å². The Labute approximate surface area is 142 Å². The maximum absolute atomic E-state index is 13.3. The monoisotopic (exact) mass is 326 g/mol. The van der Waals surface area contributed by atoms with Crippen LogP contribution in [0.2, 0.25) is 0 Å². The maximum Gasteiger partial charge on any atom is 0.254 e. The lowest BCUT2D eigenvalue weighted by Gasteiger charge is -2.35. The van der Waals surface area contributed by atoms with E-state index in [-0.39, 0.29) is 11.7 Å². The van der Waals surface area contributed by atoms with Gasteiger partial charge in [0.05, 0.1) is 0 Å². The number of carbonyl (C=O) groups excluding carboxylic acids is 1. The van der Waals surface area contributed by atoms with Crippen LogP contribution < -0.4 is 0 Å². The van der Waals surface area contributed by atoms with E-state index in [4.69, 9.17) is 0 Å². The second kappa shape index (κ2) is 7.14. The number of carbonyl (C=O) groups is 1. The number of amides is 1. The summed E-state index contributed by atoms with van der Waals surface area (Å²) in [7, 11) is 0. The van der Waals surface area contributed by atoms with Gasteiger partial charge in [0.2, 0.25) is 0 Å². The summed E-state index contributed by atoms with van der Waals surface area (Å²) < 4.78 is 13.3. The molecule has 126 valence electrons. The first-order valence-electron chi connectivity index (χ1n) is 8.36. The minimum Gasteiger partial charge on any atom is -0.336 e. The smallest absolute Gasteiger partial charge is 0.254 e. The van der Waals surface area contributed by atoms with Gasteiger partial charge >= 0.3 is 0 Å². The molecule has 24 heavy (non-hydrogen) atoms. The van der Waals surface area contributed by atoms with E-state index < -0.39 is 0 Å².